The molecule has 0 aliphatic heterocycles. The van der Waals surface area contributed by atoms with Gasteiger partial charge in [0.2, 0.25) is 0 Å². The number of nitrogens with zero attached hydrogens (tertiary/aromatic N) is 1. The summed E-state index contributed by atoms with van der Waals surface area (Å²) in [5.74, 6) is 6.90. The Morgan fingerprint density at radius 3 is 2.55 bits per heavy atom. The molecule has 0 aromatic rings. The molecule has 0 fully saturated rings. The number of nitrogens with two attached hydrogens (primary N) is 1. The Morgan fingerprint density at radius 2 is 2.18 bits per heavy atom. The lowest BCUT2D eigenvalue weighted by Gasteiger charge is -2.06. The van der Waals surface area contributed by atoms with Gasteiger partial charge in [0.25, 0.3) is 0 Å². The van der Waals surface area contributed by atoms with Gasteiger partial charge < -0.3 is 5.43 Å². The monoisotopic (exact) mass is 157 g/mol. The molecule has 0 saturated carbocycles. The number of aliphatic imine (C=N–C) groups is 1. The third-order valence-corrected chi connectivity index (χ3v) is 1.47. The van der Waals surface area contributed by atoms with E-state index in [1.54, 1.807) is 0 Å². The van der Waals surface area contributed by atoms with Crippen LogP contribution in [0, 0.1) is 5.92 Å². The van der Waals surface area contributed by atoms with Gasteiger partial charge in [-0.05, 0) is 19.3 Å². The van der Waals surface area contributed by atoms with Gasteiger partial charge in [-0.1, -0.05) is 13.8 Å². The average molecular weight is 157 g/mol. The molecule has 66 valence electrons. The molecule has 3 nitrogen and oxygen atoms in total. The maximum atomic E-state index is 5.26. The lowest BCUT2D eigenvalue weighted by atomic mass is 10.1. The normalized spacial score (nSPS) is 12.3. The summed E-state index contributed by atoms with van der Waals surface area (Å²) in [6.07, 6.45) is 2.10. The first-order valence-corrected chi connectivity index (χ1v) is 4.20. The number of amidine groups is 1. The van der Waals surface area contributed by atoms with Crippen LogP contribution in [-0.4, -0.2) is 12.4 Å². The van der Waals surface area contributed by atoms with Crippen molar-refractivity contribution in [2.75, 3.05) is 6.54 Å². The third-order valence-electron chi connectivity index (χ3n) is 1.47. The highest BCUT2D eigenvalue weighted by Gasteiger charge is 1.98. The molecular formula is C8H19N3. The zero-order valence-corrected chi connectivity index (χ0v) is 7.72. The Morgan fingerprint density at radius 1 is 1.55 bits per heavy atom. The first-order valence-electron chi connectivity index (χ1n) is 4.20. The molecule has 0 rings (SSSR count). The summed E-state index contributed by atoms with van der Waals surface area (Å²) < 4.78 is 0. The molecule has 0 heterocycles. The van der Waals surface area contributed by atoms with Crippen LogP contribution >= 0.6 is 0 Å². The molecule has 0 unspecified atom stereocenters. The molecular weight excluding hydrogens is 138 g/mol. The van der Waals surface area contributed by atoms with Crippen LogP contribution in [0.2, 0.25) is 0 Å². The van der Waals surface area contributed by atoms with E-state index >= 15 is 0 Å². The Balaban J connectivity index is 3.61. The summed E-state index contributed by atoms with van der Waals surface area (Å²) in [4.78, 5) is 4.20. The first-order chi connectivity index (χ1) is 5.20. The van der Waals surface area contributed by atoms with Gasteiger partial charge in [-0.25, -0.2) is 5.84 Å². The fourth-order valence-electron chi connectivity index (χ4n) is 0.813. The van der Waals surface area contributed by atoms with Crippen molar-refractivity contribution < 1.29 is 0 Å². The second-order valence-corrected chi connectivity index (χ2v) is 3.00. The van der Waals surface area contributed by atoms with Gasteiger partial charge in [0.05, 0.1) is 0 Å². The smallest absolute Gasteiger partial charge is 0.110 e. The van der Waals surface area contributed by atoms with Crippen molar-refractivity contribution in [3.05, 3.63) is 0 Å². The fraction of sp³-hybridized carbons (Fsp3) is 0.875. The minimum Gasteiger partial charge on any atom is -0.312 e. The molecule has 11 heavy (non-hydrogen) atoms. The van der Waals surface area contributed by atoms with E-state index in [0.29, 0.717) is 5.92 Å². The summed E-state index contributed by atoms with van der Waals surface area (Å²) in [6.45, 7) is 7.20. The Hall–Kier alpha value is -0.570. The molecule has 0 spiro atoms. The second-order valence-electron chi connectivity index (χ2n) is 3.00. The van der Waals surface area contributed by atoms with Crippen LogP contribution in [0.15, 0.2) is 4.99 Å². The minimum absolute atomic E-state index is 0.713. The highest BCUT2D eigenvalue weighted by atomic mass is 15.2. The van der Waals surface area contributed by atoms with Crippen molar-refractivity contribution in [2.45, 2.75) is 33.6 Å². The number of nitrogens with one attached hydrogen (secondary N) is 1. The minimum atomic E-state index is 0.713. The Labute approximate surface area is 69.0 Å². The lowest BCUT2D eigenvalue weighted by molar-refractivity contribution is 0.597. The van der Waals surface area contributed by atoms with Crippen LogP contribution in [-0.2, 0) is 0 Å². The quantitative estimate of drug-likeness (QED) is 0.280. The molecule has 3 heteroatoms. The second kappa shape index (κ2) is 6.16. The number of rotatable bonds is 4. The topological polar surface area (TPSA) is 50.4 Å². The van der Waals surface area contributed by atoms with Crippen molar-refractivity contribution in [2.24, 2.45) is 16.8 Å². The summed E-state index contributed by atoms with van der Waals surface area (Å²) >= 11 is 0. The molecule has 0 amide bonds. The third kappa shape index (κ3) is 5.85. The van der Waals surface area contributed by atoms with Gasteiger partial charge in [-0.3, -0.25) is 4.99 Å². The molecule has 0 aliphatic carbocycles. The van der Waals surface area contributed by atoms with Gasteiger partial charge in [0, 0.05) is 13.0 Å². The van der Waals surface area contributed by atoms with Crippen LogP contribution in [0.4, 0.5) is 0 Å². The van der Waals surface area contributed by atoms with Crippen LogP contribution < -0.4 is 11.3 Å². The standard InChI is InChI=1S/C8H19N3/c1-4-10-8(11-9)6-5-7(2)3/h7H,4-6,9H2,1-3H3,(H,10,11). The van der Waals surface area contributed by atoms with Gasteiger partial charge >= 0.3 is 0 Å². The maximum absolute atomic E-state index is 5.26. The Bertz CT molecular complexity index is 119. The predicted octanol–water partition coefficient (Wildman–Crippen LogP) is 1.30. The number of hydrazine groups is 1. The van der Waals surface area contributed by atoms with E-state index in [0.717, 1.165) is 25.2 Å². The van der Waals surface area contributed by atoms with Crippen LogP contribution in [0.3, 0.4) is 0 Å². The van der Waals surface area contributed by atoms with Crippen molar-refractivity contribution >= 4 is 5.84 Å². The number of hydrogen-bond acceptors (Lipinski definition) is 2. The maximum Gasteiger partial charge on any atom is 0.110 e. The SMILES string of the molecule is CCN=C(CCC(C)C)NN. The van der Waals surface area contributed by atoms with E-state index < -0.39 is 0 Å². The summed E-state index contributed by atoms with van der Waals surface area (Å²) in [7, 11) is 0. The van der Waals surface area contributed by atoms with Crippen molar-refractivity contribution in [1.29, 1.82) is 0 Å². The van der Waals surface area contributed by atoms with Gasteiger partial charge in [-0.2, -0.15) is 0 Å². The van der Waals surface area contributed by atoms with E-state index in [4.69, 9.17) is 5.84 Å². The highest BCUT2D eigenvalue weighted by molar-refractivity contribution is 5.81. The Kier molecular flexibility index (Phi) is 5.84. The van der Waals surface area contributed by atoms with Crippen molar-refractivity contribution in [3.8, 4) is 0 Å². The molecule has 0 aromatic heterocycles. The molecule has 3 N–H and O–H groups in total. The first kappa shape index (κ1) is 10.4. The van der Waals surface area contributed by atoms with Gasteiger partial charge in [0.15, 0.2) is 0 Å². The molecule has 0 atom stereocenters. The van der Waals surface area contributed by atoms with Gasteiger partial charge in [-0.15, -0.1) is 0 Å². The summed E-state index contributed by atoms with van der Waals surface area (Å²) in [6, 6.07) is 0. The predicted molar refractivity (Wildman–Crippen MR) is 49.4 cm³/mol. The molecule has 0 saturated heterocycles. The molecule has 0 aromatic carbocycles. The van der Waals surface area contributed by atoms with Crippen molar-refractivity contribution in [3.63, 3.8) is 0 Å². The van der Waals surface area contributed by atoms with Crippen LogP contribution in [0.5, 0.6) is 0 Å². The van der Waals surface area contributed by atoms with Crippen LogP contribution in [0.1, 0.15) is 33.6 Å². The van der Waals surface area contributed by atoms with E-state index in [9.17, 15) is 0 Å². The lowest BCUT2D eigenvalue weighted by Crippen LogP contribution is -2.30. The van der Waals surface area contributed by atoms with E-state index in [1.165, 1.54) is 0 Å². The van der Waals surface area contributed by atoms with Crippen molar-refractivity contribution in [1.82, 2.24) is 5.43 Å². The molecule has 0 bridgehead atoms. The van der Waals surface area contributed by atoms with E-state index in [1.807, 2.05) is 6.92 Å². The zero-order chi connectivity index (χ0) is 8.69. The molecule has 0 aliphatic rings. The fourth-order valence-corrected chi connectivity index (χ4v) is 0.813. The van der Waals surface area contributed by atoms with Crippen LogP contribution in [0.25, 0.3) is 0 Å². The average Bonchev–Trinajstić information content (AvgIpc) is 1.97. The number of hydrogen-bond donors (Lipinski definition) is 2. The molecule has 0 radical (unpaired) electrons. The van der Waals surface area contributed by atoms with E-state index in [2.05, 4.69) is 24.3 Å². The summed E-state index contributed by atoms with van der Waals surface area (Å²) in [5, 5.41) is 0. The zero-order valence-electron chi connectivity index (χ0n) is 7.72. The highest BCUT2D eigenvalue weighted by Crippen LogP contribution is 2.03. The van der Waals surface area contributed by atoms with E-state index in [-0.39, 0.29) is 0 Å². The summed E-state index contributed by atoms with van der Waals surface area (Å²) in [5.41, 5.74) is 2.61. The van der Waals surface area contributed by atoms with Gasteiger partial charge in [0.1, 0.15) is 5.84 Å². The largest absolute Gasteiger partial charge is 0.312 e.